The highest BCUT2D eigenvalue weighted by molar-refractivity contribution is 5.92. The molecule has 41 heavy (non-hydrogen) atoms. The maximum absolute atomic E-state index is 12.6. The number of aryl methyl sites for hydroxylation is 1. The molecule has 0 aliphatic rings. The Kier molecular flexibility index (Phi) is 12.8. The van der Waals surface area contributed by atoms with Crippen molar-refractivity contribution in [1.29, 1.82) is 0 Å². The van der Waals surface area contributed by atoms with Gasteiger partial charge in [-0.15, -0.1) is 0 Å². The van der Waals surface area contributed by atoms with Gasteiger partial charge in [-0.25, -0.2) is 9.59 Å². The van der Waals surface area contributed by atoms with Crippen molar-refractivity contribution in [3.63, 3.8) is 0 Å². The number of carbonyl (C=O) groups excluding carboxylic acids is 2. The Balaban J connectivity index is 1.46. The van der Waals surface area contributed by atoms with E-state index in [0.29, 0.717) is 66.1 Å². The molecule has 0 aliphatic heterocycles. The van der Waals surface area contributed by atoms with Gasteiger partial charge >= 0.3 is 11.9 Å². The second-order valence-corrected chi connectivity index (χ2v) is 8.84. The number of allylic oxidation sites excluding steroid dienone is 2. The summed E-state index contributed by atoms with van der Waals surface area (Å²) in [4.78, 5) is 25.3. The molecule has 0 atom stereocenters. The number of carbonyl (C=O) groups is 2. The van der Waals surface area contributed by atoms with Gasteiger partial charge in [0.2, 0.25) is 0 Å². The molecule has 0 aromatic heterocycles. The number of benzene rings is 3. The summed E-state index contributed by atoms with van der Waals surface area (Å²) in [5.74, 6) is 1.01. The highest BCUT2D eigenvalue weighted by Crippen LogP contribution is 2.25. The molecule has 0 aliphatic carbocycles. The van der Waals surface area contributed by atoms with Gasteiger partial charge in [-0.2, -0.15) is 0 Å². The van der Waals surface area contributed by atoms with Crippen LogP contribution in [0.15, 0.2) is 91.4 Å². The Bertz CT molecular complexity index is 1290. The predicted molar refractivity (Wildman–Crippen MR) is 156 cm³/mol. The van der Waals surface area contributed by atoms with Crippen molar-refractivity contribution >= 4 is 11.9 Å². The molecule has 3 aromatic carbocycles. The average molecular weight is 561 g/mol. The highest BCUT2D eigenvalue weighted by Gasteiger charge is 2.14. The summed E-state index contributed by atoms with van der Waals surface area (Å²) in [5.41, 5.74) is 1.42. The van der Waals surface area contributed by atoms with E-state index < -0.39 is 11.9 Å². The largest absolute Gasteiger partial charge is 0.501 e. The van der Waals surface area contributed by atoms with Crippen LogP contribution < -0.4 is 18.9 Å². The van der Waals surface area contributed by atoms with E-state index in [0.717, 1.165) is 12.8 Å². The molecule has 8 heteroatoms. The summed E-state index contributed by atoms with van der Waals surface area (Å²) in [6.07, 6.45) is 8.43. The van der Waals surface area contributed by atoms with E-state index in [-0.39, 0.29) is 0 Å². The molecule has 0 saturated heterocycles. The third kappa shape index (κ3) is 10.8. The summed E-state index contributed by atoms with van der Waals surface area (Å²) in [7, 11) is 0. The molecule has 0 saturated carbocycles. The van der Waals surface area contributed by atoms with Crippen LogP contribution in [0.3, 0.4) is 0 Å². The zero-order chi connectivity index (χ0) is 29.3. The first-order valence-corrected chi connectivity index (χ1v) is 13.5. The van der Waals surface area contributed by atoms with Gasteiger partial charge in [0.15, 0.2) is 0 Å². The van der Waals surface area contributed by atoms with Gasteiger partial charge < -0.3 is 28.4 Å². The molecule has 3 aromatic rings. The van der Waals surface area contributed by atoms with E-state index in [4.69, 9.17) is 28.4 Å². The molecule has 216 valence electrons. The molecule has 8 nitrogen and oxygen atoms in total. The van der Waals surface area contributed by atoms with E-state index in [1.807, 2.05) is 26.0 Å². The van der Waals surface area contributed by atoms with Gasteiger partial charge in [-0.05, 0) is 93.1 Å². The fourth-order valence-corrected chi connectivity index (χ4v) is 3.49. The van der Waals surface area contributed by atoms with Crippen molar-refractivity contribution in [2.45, 2.75) is 33.6 Å². The van der Waals surface area contributed by atoms with Crippen molar-refractivity contribution in [2.24, 2.45) is 0 Å². The molecule has 0 N–H and O–H groups in total. The molecular formula is C33H36O8. The van der Waals surface area contributed by atoms with Crippen molar-refractivity contribution in [1.82, 2.24) is 0 Å². The smallest absolute Gasteiger partial charge is 0.343 e. The zero-order valence-electron chi connectivity index (χ0n) is 23.7. The molecule has 0 unspecified atom stereocenters. The molecule has 0 spiro atoms. The van der Waals surface area contributed by atoms with Crippen molar-refractivity contribution in [3.05, 3.63) is 108 Å². The molecule has 0 fully saturated rings. The lowest BCUT2D eigenvalue weighted by Crippen LogP contribution is -2.11. The minimum Gasteiger partial charge on any atom is -0.501 e. The van der Waals surface area contributed by atoms with Crippen LogP contribution in [0.2, 0.25) is 0 Å². The second-order valence-electron chi connectivity index (χ2n) is 8.84. The first-order chi connectivity index (χ1) is 20.0. The summed E-state index contributed by atoms with van der Waals surface area (Å²) in [5, 5.41) is 0. The number of hydrogen-bond acceptors (Lipinski definition) is 8. The molecular weight excluding hydrogens is 524 g/mol. The summed E-state index contributed by atoms with van der Waals surface area (Å²) >= 11 is 0. The molecule has 0 amide bonds. The van der Waals surface area contributed by atoms with Crippen LogP contribution in [0.25, 0.3) is 0 Å². The van der Waals surface area contributed by atoms with Crippen LogP contribution >= 0.6 is 0 Å². The predicted octanol–water partition coefficient (Wildman–Crippen LogP) is 7.07. The first kappa shape index (κ1) is 30.8. The number of ether oxygens (including phenoxy) is 6. The maximum atomic E-state index is 12.6. The second kappa shape index (κ2) is 17.1. The lowest BCUT2D eigenvalue weighted by atomic mass is 10.2. The van der Waals surface area contributed by atoms with Gasteiger partial charge in [0, 0.05) is 12.8 Å². The van der Waals surface area contributed by atoms with Crippen molar-refractivity contribution < 1.29 is 38.0 Å². The highest BCUT2D eigenvalue weighted by atomic mass is 16.5. The van der Waals surface area contributed by atoms with E-state index in [9.17, 15) is 9.59 Å². The molecule has 3 rings (SSSR count). The van der Waals surface area contributed by atoms with E-state index in [1.54, 1.807) is 86.2 Å². The molecule has 0 radical (unpaired) electrons. The third-order valence-corrected chi connectivity index (χ3v) is 5.55. The van der Waals surface area contributed by atoms with E-state index in [1.165, 1.54) is 0 Å². The lowest BCUT2D eigenvalue weighted by molar-refractivity contribution is 0.0718. The minimum absolute atomic E-state index is 0.339. The Labute approximate surface area is 241 Å². The number of esters is 2. The Morgan fingerprint density at radius 2 is 1.07 bits per heavy atom. The van der Waals surface area contributed by atoms with E-state index >= 15 is 0 Å². The minimum atomic E-state index is -0.506. The number of rotatable bonds is 16. The summed E-state index contributed by atoms with van der Waals surface area (Å²) < 4.78 is 32.9. The Morgan fingerprint density at radius 3 is 1.54 bits per heavy atom. The van der Waals surface area contributed by atoms with Crippen LogP contribution in [0.5, 0.6) is 23.0 Å². The quantitative estimate of drug-likeness (QED) is 0.0795. The molecule has 0 heterocycles. The van der Waals surface area contributed by atoms with Gasteiger partial charge in [0.05, 0.1) is 50.1 Å². The topological polar surface area (TPSA) is 89.5 Å². The fourth-order valence-electron chi connectivity index (χ4n) is 3.49. The fraction of sp³-hybridized carbons (Fsp3) is 0.273. The molecule has 0 bridgehead atoms. The normalized spacial score (nSPS) is 10.9. The van der Waals surface area contributed by atoms with Gasteiger partial charge in [0.25, 0.3) is 0 Å². The standard InChI is InChI=1S/C33H36O8/c1-4-18-36-20-6-22-38-28-12-8-26(9-13-28)32(34)40-30-16-17-31(25(3)24-30)41-33(35)27-10-14-29(15-11-27)39-23-7-21-37-19-5-2/h4-5,8-19,24H,6-7,20-23H2,1-3H3. The summed E-state index contributed by atoms with van der Waals surface area (Å²) in [6.45, 7) is 7.71. The average Bonchev–Trinajstić information content (AvgIpc) is 2.98. The zero-order valence-corrected chi connectivity index (χ0v) is 23.7. The first-order valence-electron chi connectivity index (χ1n) is 13.5. The summed E-state index contributed by atoms with van der Waals surface area (Å²) in [6, 6.07) is 18.3. The van der Waals surface area contributed by atoms with Crippen LogP contribution in [0.4, 0.5) is 0 Å². The Morgan fingerprint density at radius 1 is 0.610 bits per heavy atom. The lowest BCUT2D eigenvalue weighted by Gasteiger charge is -2.11. The van der Waals surface area contributed by atoms with Gasteiger partial charge in [0.1, 0.15) is 23.0 Å². The van der Waals surface area contributed by atoms with Crippen LogP contribution in [-0.2, 0) is 9.47 Å². The SMILES string of the molecule is CC=COCCCOc1ccc(C(=O)Oc2ccc(OC(=O)c3ccc(OCCCOC=CC)cc3)c(C)c2)cc1. The van der Waals surface area contributed by atoms with Crippen molar-refractivity contribution in [2.75, 3.05) is 26.4 Å². The van der Waals surface area contributed by atoms with E-state index in [2.05, 4.69) is 0 Å². The van der Waals surface area contributed by atoms with Gasteiger partial charge in [-0.1, -0.05) is 12.2 Å². The van der Waals surface area contributed by atoms with Crippen LogP contribution in [0.1, 0.15) is 53.0 Å². The van der Waals surface area contributed by atoms with Crippen LogP contribution in [0, 0.1) is 6.92 Å². The maximum Gasteiger partial charge on any atom is 0.343 e. The van der Waals surface area contributed by atoms with Gasteiger partial charge in [-0.3, -0.25) is 0 Å². The number of hydrogen-bond donors (Lipinski definition) is 0. The Hall–Kier alpha value is -4.72. The van der Waals surface area contributed by atoms with Crippen LogP contribution in [-0.4, -0.2) is 38.4 Å². The van der Waals surface area contributed by atoms with Crippen molar-refractivity contribution in [3.8, 4) is 23.0 Å². The third-order valence-electron chi connectivity index (χ3n) is 5.55. The monoisotopic (exact) mass is 560 g/mol.